The van der Waals surface area contributed by atoms with Crippen LogP contribution in [0.3, 0.4) is 0 Å². The molecule has 2 N–H and O–H groups in total. The summed E-state index contributed by atoms with van der Waals surface area (Å²) in [6, 6.07) is 13.2. The Morgan fingerprint density at radius 1 is 1.12 bits per heavy atom. The average Bonchev–Trinajstić information content (AvgIpc) is 3.15. The van der Waals surface area contributed by atoms with Gasteiger partial charge in [-0.15, -0.1) is 0 Å². The predicted octanol–water partition coefficient (Wildman–Crippen LogP) is 4.58. The second-order valence-electron chi connectivity index (χ2n) is 9.21. The highest BCUT2D eigenvalue weighted by Gasteiger charge is 2.26. The zero-order chi connectivity index (χ0) is 22.4. The number of H-pyrrole nitrogens is 2. The van der Waals surface area contributed by atoms with Crippen molar-refractivity contribution in [3.8, 4) is 0 Å². The van der Waals surface area contributed by atoms with E-state index in [1.54, 1.807) is 11.0 Å². The monoisotopic (exact) mass is 428 g/mol. The second kappa shape index (κ2) is 7.93. The molecule has 1 atom stereocenters. The number of carbonyl (C=O) groups is 1. The molecule has 1 aliphatic rings. The molecule has 1 aliphatic carbocycles. The first-order chi connectivity index (χ1) is 15.4. The molecule has 0 fully saturated rings. The molecular weight excluding hydrogens is 400 g/mol. The number of aromatic nitrogens is 3. The topological polar surface area (TPSA) is 81.8 Å². The molecule has 32 heavy (non-hydrogen) atoms. The Morgan fingerprint density at radius 2 is 1.91 bits per heavy atom. The van der Waals surface area contributed by atoms with Crippen LogP contribution in [0.15, 0.2) is 47.3 Å². The van der Waals surface area contributed by atoms with Crippen molar-refractivity contribution in [2.24, 2.45) is 5.92 Å². The highest BCUT2D eigenvalue weighted by molar-refractivity contribution is 6.07. The Bertz CT molecular complexity index is 1380. The van der Waals surface area contributed by atoms with Gasteiger partial charge in [0.2, 0.25) is 0 Å². The third-order valence-electron chi connectivity index (χ3n) is 6.57. The summed E-state index contributed by atoms with van der Waals surface area (Å²) < 4.78 is 0. The molecule has 2 aromatic carbocycles. The van der Waals surface area contributed by atoms with E-state index in [0.717, 1.165) is 23.7 Å². The van der Waals surface area contributed by atoms with E-state index in [4.69, 9.17) is 0 Å². The quantitative estimate of drug-likeness (QED) is 0.499. The minimum atomic E-state index is -0.185. The predicted molar refractivity (Wildman–Crippen MR) is 127 cm³/mol. The van der Waals surface area contributed by atoms with Crippen LogP contribution in [0.25, 0.3) is 21.8 Å². The number of hydrogen-bond acceptors (Lipinski definition) is 3. The zero-order valence-electron chi connectivity index (χ0n) is 18.7. The first kappa shape index (κ1) is 20.5. The van der Waals surface area contributed by atoms with Crippen molar-refractivity contribution in [1.29, 1.82) is 0 Å². The highest BCUT2D eigenvalue weighted by Crippen LogP contribution is 2.33. The van der Waals surface area contributed by atoms with E-state index in [9.17, 15) is 9.59 Å². The van der Waals surface area contributed by atoms with Crippen LogP contribution in [0.4, 0.5) is 0 Å². The summed E-state index contributed by atoms with van der Waals surface area (Å²) >= 11 is 0. The van der Waals surface area contributed by atoms with E-state index < -0.39 is 0 Å². The van der Waals surface area contributed by atoms with E-state index in [1.807, 2.05) is 44.2 Å². The van der Waals surface area contributed by atoms with Gasteiger partial charge in [-0.05, 0) is 62.8 Å². The third-order valence-corrected chi connectivity index (χ3v) is 6.57. The van der Waals surface area contributed by atoms with Gasteiger partial charge in [0.25, 0.3) is 11.5 Å². The molecule has 0 spiro atoms. The van der Waals surface area contributed by atoms with Crippen LogP contribution in [0.2, 0.25) is 0 Å². The van der Waals surface area contributed by atoms with Crippen molar-refractivity contribution in [1.82, 2.24) is 19.9 Å². The second-order valence-corrected chi connectivity index (χ2v) is 9.21. The summed E-state index contributed by atoms with van der Waals surface area (Å²) in [5.41, 5.74) is 4.65. The Morgan fingerprint density at radius 3 is 2.72 bits per heavy atom. The maximum absolute atomic E-state index is 13.7. The van der Waals surface area contributed by atoms with Crippen molar-refractivity contribution in [3.05, 3.63) is 75.5 Å². The number of aromatic amines is 2. The molecule has 0 saturated carbocycles. The summed E-state index contributed by atoms with van der Waals surface area (Å²) in [4.78, 5) is 39.0. The fraction of sp³-hybridized carbons (Fsp3) is 0.346. The van der Waals surface area contributed by atoms with Gasteiger partial charge in [0.15, 0.2) is 0 Å². The minimum Gasteiger partial charge on any atom is -0.358 e. The lowest BCUT2D eigenvalue weighted by molar-refractivity contribution is 0.0687. The van der Waals surface area contributed by atoms with Crippen molar-refractivity contribution >= 4 is 27.7 Å². The molecule has 2 aromatic heterocycles. The van der Waals surface area contributed by atoms with Gasteiger partial charge in [0, 0.05) is 17.1 Å². The number of benzene rings is 2. The zero-order valence-corrected chi connectivity index (χ0v) is 18.7. The number of hydrogen-bond donors (Lipinski definition) is 2. The van der Waals surface area contributed by atoms with E-state index in [2.05, 4.69) is 27.9 Å². The largest absolute Gasteiger partial charge is 0.358 e. The molecular formula is C26H28N4O2. The number of rotatable bonds is 4. The minimum absolute atomic E-state index is 0.0564. The van der Waals surface area contributed by atoms with Gasteiger partial charge in [0.1, 0.15) is 5.82 Å². The molecule has 0 radical (unpaired) electrons. The Labute approximate surface area is 186 Å². The first-order valence-corrected chi connectivity index (χ1v) is 11.3. The lowest BCUT2D eigenvalue weighted by atomic mass is 9.87. The number of aryl methyl sites for hydroxylation is 1. The smallest absolute Gasteiger partial charge is 0.258 e. The van der Waals surface area contributed by atoms with Gasteiger partial charge in [-0.2, -0.15) is 0 Å². The fourth-order valence-corrected chi connectivity index (χ4v) is 4.81. The fourth-order valence-electron chi connectivity index (χ4n) is 4.81. The van der Waals surface area contributed by atoms with E-state index in [0.29, 0.717) is 28.2 Å². The maximum Gasteiger partial charge on any atom is 0.258 e. The molecule has 0 aliphatic heterocycles. The molecule has 1 amide bonds. The number of carbonyl (C=O) groups excluding carboxylic acids is 1. The van der Waals surface area contributed by atoms with Crippen molar-refractivity contribution in [3.63, 3.8) is 0 Å². The number of nitrogens with one attached hydrogen (secondary N) is 2. The van der Waals surface area contributed by atoms with Crippen LogP contribution in [0.5, 0.6) is 0 Å². The summed E-state index contributed by atoms with van der Waals surface area (Å²) in [6.45, 7) is 6.50. The number of para-hydroxylation sites is 2. The van der Waals surface area contributed by atoms with Crippen LogP contribution >= 0.6 is 0 Å². The molecule has 5 rings (SSSR count). The van der Waals surface area contributed by atoms with Gasteiger partial charge in [-0.3, -0.25) is 9.59 Å². The third kappa shape index (κ3) is 3.49. The maximum atomic E-state index is 13.7. The average molecular weight is 429 g/mol. The highest BCUT2D eigenvalue weighted by atomic mass is 16.2. The Balaban J connectivity index is 1.53. The SMILES string of the molecule is CC1CCc2[nH]c3c(C(=O)N(Cc4nc5ccccc5c(=O)[nH]4)C(C)C)cccc3c2C1. The lowest BCUT2D eigenvalue weighted by Crippen LogP contribution is -2.37. The van der Waals surface area contributed by atoms with Gasteiger partial charge in [-0.25, -0.2) is 4.98 Å². The standard InChI is InChI=1S/C26H28N4O2/c1-15(2)30(14-23-27-21-10-5-4-7-18(21)25(31)29-23)26(32)19-9-6-8-17-20-13-16(3)11-12-22(20)28-24(17)19/h4-10,15-16,28H,11-14H2,1-3H3,(H,27,29,31). The van der Waals surface area contributed by atoms with Gasteiger partial charge >= 0.3 is 0 Å². The Kier molecular flexibility index (Phi) is 5.08. The summed E-state index contributed by atoms with van der Waals surface area (Å²) in [5, 5.41) is 1.70. The summed E-state index contributed by atoms with van der Waals surface area (Å²) in [6.07, 6.45) is 3.24. The van der Waals surface area contributed by atoms with E-state index in [1.165, 1.54) is 17.7 Å². The van der Waals surface area contributed by atoms with Crippen LogP contribution in [0, 0.1) is 5.92 Å². The van der Waals surface area contributed by atoms with Crippen molar-refractivity contribution in [2.45, 2.75) is 52.6 Å². The van der Waals surface area contributed by atoms with Crippen LogP contribution in [0.1, 0.15) is 54.6 Å². The van der Waals surface area contributed by atoms with Crippen LogP contribution in [-0.2, 0) is 19.4 Å². The summed E-state index contributed by atoms with van der Waals surface area (Å²) in [5.74, 6) is 1.08. The normalized spacial score (nSPS) is 15.9. The van der Waals surface area contributed by atoms with E-state index in [-0.39, 0.29) is 24.1 Å². The Hall–Kier alpha value is -3.41. The molecule has 1 unspecified atom stereocenters. The molecule has 2 heterocycles. The molecule has 164 valence electrons. The first-order valence-electron chi connectivity index (χ1n) is 11.3. The van der Waals surface area contributed by atoms with Crippen LogP contribution in [-0.4, -0.2) is 31.8 Å². The number of nitrogens with zero attached hydrogens (tertiary/aromatic N) is 2. The molecule has 6 nitrogen and oxygen atoms in total. The molecule has 4 aromatic rings. The van der Waals surface area contributed by atoms with Gasteiger partial charge in [0.05, 0.1) is 28.5 Å². The van der Waals surface area contributed by atoms with E-state index >= 15 is 0 Å². The summed E-state index contributed by atoms with van der Waals surface area (Å²) in [7, 11) is 0. The van der Waals surface area contributed by atoms with Gasteiger partial charge in [-0.1, -0.05) is 31.2 Å². The number of fused-ring (bicyclic) bond motifs is 4. The molecule has 0 bridgehead atoms. The van der Waals surface area contributed by atoms with Gasteiger partial charge < -0.3 is 14.9 Å². The molecule has 6 heteroatoms. The molecule has 0 saturated heterocycles. The van der Waals surface area contributed by atoms with Crippen molar-refractivity contribution < 1.29 is 4.79 Å². The number of amides is 1. The lowest BCUT2D eigenvalue weighted by Gasteiger charge is -2.26. The van der Waals surface area contributed by atoms with Crippen molar-refractivity contribution in [2.75, 3.05) is 0 Å². The van der Waals surface area contributed by atoms with Crippen LogP contribution < -0.4 is 5.56 Å².